The lowest BCUT2D eigenvalue weighted by Crippen LogP contribution is -2.25. The molecule has 1 aliphatic heterocycles. The van der Waals surface area contributed by atoms with Gasteiger partial charge in [0.1, 0.15) is 11.6 Å². The number of nitrogens with zero attached hydrogens (tertiary/aromatic N) is 3. The summed E-state index contributed by atoms with van der Waals surface area (Å²) in [6.07, 6.45) is 2.75. The van der Waals surface area contributed by atoms with Crippen LogP contribution in [0.1, 0.15) is 20.3 Å². The summed E-state index contributed by atoms with van der Waals surface area (Å²) >= 11 is 1.55. The fourth-order valence-electron chi connectivity index (χ4n) is 2.33. The van der Waals surface area contributed by atoms with E-state index in [4.69, 9.17) is 0 Å². The zero-order valence-corrected chi connectivity index (χ0v) is 12.6. The number of thioether (sulfide) groups is 1. The SMILES string of the molecule is CCNc1cc(N2CCC(C(C)O)C2)nc(SC)n1. The molecule has 1 aromatic rings. The van der Waals surface area contributed by atoms with Gasteiger partial charge in [-0.1, -0.05) is 11.8 Å². The van der Waals surface area contributed by atoms with E-state index in [0.717, 1.165) is 42.8 Å². The maximum absolute atomic E-state index is 9.68. The monoisotopic (exact) mass is 282 g/mol. The van der Waals surface area contributed by atoms with Crippen molar-refractivity contribution in [2.45, 2.75) is 31.5 Å². The number of aliphatic hydroxyl groups excluding tert-OH is 1. The predicted molar refractivity (Wildman–Crippen MR) is 80.0 cm³/mol. The van der Waals surface area contributed by atoms with Gasteiger partial charge in [0.2, 0.25) is 0 Å². The van der Waals surface area contributed by atoms with E-state index in [1.54, 1.807) is 11.8 Å². The topological polar surface area (TPSA) is 61.3 Å². The lowest BCUT2D eigenvalue weighted by molar-refractivity contribution is 0.136. The molecule has 1 aliphatic rings. The molecule has 5 nitrogen and oxygen atoms in total. The molecule has 2 atom stereocenters. The summed E-state index contributed by atoms with van der Waals surface area (Å²) in [6, 6.07) is 1.99. The van der Waals surface area contributed by atoms with Gasteiger partial charge in [-0.05, 0) is 26.5 Å². The Morgan fingerprint density at radius 1 is 1.58 bits per heavy atom. The van der Waals surface area contributed by atoms with E-state index in [9.17, 15) is 5.11 Å². The number of anilines is 2. The van der Waals surface area contributed by atoms with Gasteiger partial charge in [-0.15, -0.1) is 0 Å². The van der Waals surface area contributed by atoms with E-state index in [1.165, 1.54) is 0 Å². The van der Waals surface area contributed by atoms with Gasteiger partial charge in [-0.3, -0.25) is 0 Å². The van der Waals surface area contributed by atoms with Crippen molar-refractivity contribution in [1.29, 1.82) is 0 Å². The highest BCUT2D eigenvalue weighted by atomic mass is 32.2. The van der Waals surface area contributed by atoms with Crippen molar-refractivity contribution in [2.24, 2.45) is 5.92 Å². The van der Waals surface area contributed by atoms with Crippen molar-refractivity contribution in [2.75, 3.05) is 36.1 Å². The van der Waals surface area contributed by atoms with Gasteiger partial charge in [-0.2, -0.15) is 0 Å². The van der Waals surface area contributed by atoms with Crippen molar-refractivity contribution in [3.05, 3.63) is 6.07 Å². The molecule has 0 radical (unpaired) electrons. The van der Waals surface area contributed by atoms with Crippen LogP contribution in [0.5, 0.6) is 0 Å². The molecule has 0 bridgehead atoms. The van der Waals surface area contributed by atoms with Crippen LogP contribution in [-0.4, -0.2) is 47.1 Å². The summed E-state index contributed by atoms with van der Waals surface area (Å²) in [4.78, 5) is 11.2. The van der Waals surface area contributed by atoms with Crippen LogP contribution in [0.15, 0.2) is 11.2 Å². The van der Waals surface area contributed by atoms with Gasteiger partial charge in [0.25, 0.3) is 0 Å². The molecule has 0 spiro atoms. The fourth-order valence-corrected chi connectivity index (χ4v) is 2.70. The highest BCUT2D eigenvalue weighted by Crippen LogP contribution is 2.27. The van der Waals surface area contributed by atoms with E-state index in [2.05, 4.69) is 27.1 Å². The van der Waals surface area contributed by atoms with Gasteiger partial charge in [0.05, 0.1) is 6.10 Å². The minimum atomic E-state index is -0.250. The van der Waals surface area contributed by atoms with Gasteiger partial charge >= 0.3 is 0 Å². The van der Waals surface area contributed by atoms with E-state index < -0.39 is 0 Å². The van der Waals surface area contributed by atoms with Gasteiger partial charge in [-0.25, -0.2) is 9.97 Å². The molecule has 6 heteroatoms. The number of aromatic nitrogens is 2. The number of nitrogens with one attached hydrogen (secondary N) is 1. The first-order chi connectivity index (χ1) is 9.13. The standard InChI is InChI=1S/C13H22N4OS/c1-4-14-11-7-12(16-13(15-11)19-3)17-6-5-10(8-17)9(2)18/h7,9-10,18H,4-6,8H2,1-3H3,(H,14,15,16). The molecule has 106 valence electrons. The third-order valence-corrected chi connectivity index (χ3v) is 4.01. The number of aliphatic hydroxyl groups is 1. The lowest BCUT2D eigenvalue weighted by atomic mass is 10.0. The highest BCUT2D eigenvalue weighted by Gasteiger charge is 2.27. The van der Waals surface area contributed by atoms with Gasteiger partial charge in [0.15, 0.2) is 5.16 Å². The fraction of sp³-hybridized carbons (Fsp3) is 0.692. The smallest absolute Gasteiger partial charge is 0.191 e. The first-order valence-electron chi connectivity index (χ1n) is 6.74. The Balaban J connectivity index is 2.17. The zero-order chi connectivity index (χ0) is 13.8. The highest BCUT2D eigenvalue weighted by molar-refractivity contribution is 7.98. The molecule has 2 N–H and O–H groups in total. The van der Waals surface area contributed by atoms with E-state index in [-0.39, 0.29) is 6.10 Å². The Hall–Kier alpha value is -1.01. The maximum atomic E-state index is 9.68. The largest absolute Gasteiger partial charge is 0.393 e. The molecule has 1 aromatic heterocycles. The second-order valence-corrected chi connectivity index (χ2v) is 5.64. The van der Waals surface area contributed by atoms with Crippen LogP contribution in [0.25, 0.3) is 0 Å². The van der Waals surface area contributed by atoms with Crippen LogP contribution < -0.4 is 10.2 Å². The molecule has 2 rings (SSSR count). The molecule has 0 aromatic carbocycles. The maximum Gasteiger partial charge on any atom is 0.191 e. The summed E-state index contributed by atoms with van der Waals surface area (Å²) < 4.78 is 0. The number of hydrogen-bond donors (Lipinski definition) is 2. The molecule has 2 unspecified atom stereocenters. The van der Waals surface area contributed by atoms with Crippen molar-refractivity contribution in [3.8, 4) is 0 Å². The van der Waals surface area contributed by atoms with Crippen LogP contribution in [0.4, 0.5) is 11.6 Å². The second kappa shape index (κ2) is 6.43. The minimum absolute atomic E-state index is 0.250. The van der Waals surface area contributed by atoms with Crippen molar-refractivity contribution in [3.63, 3.8) is 0 Å². The van der Waals surface area contributed by atoms with Crippen LogP contribution in [-0.2, 0) is 0 Å². The third kappa shape index (κ3) is 3.51. The number of hydrogen-bond acceptors (Lipinski definition) is 6. The summed E-state index contributed by atoms with van der Waals surface area (Å²) in [7, 11) is 0. The summed E-state index contributed by atoms with van der Waals surface area (Å²) in [5.74, 6) is 2.17. The Labute approximate surface area is 118 Å². The number of rotatable bonds is 5. The summed E-state index contributed by atoms with van der Waals surface area (Å²) in [6.45, 7) is 6.59. The molecule has 1 fully saturated rings. The molecular formula is C13H22N4OS. The molecule has 0 saturated carbocycles. The summed E-state index contributed by atoms with van der Waals surface area (Å²) in [5, 5.41) is 13.7. The Bertz CT molecular complexity index is 427. The summed E-state index contributed by atoms with van der Waals surface area (Å²) in [5.41, 5.74) is 0. The van der Waals surface area contributed by atoms with Gasteiger partial charge < -0.3 is 15.3 Å². The molecule has 0 amide bonds. The van der Waals surface area contributed by atoms with Gasteiger partial charge in [0, 0.05) is 31.6 Å². The Kier molecular flexibility index (Phi) is 4.87. The minimum Gasteiger partial charge on any atom is -0.393 e. The van der Waals surface area contributed by atoms with Crippen molar-refractivity contribution < 1.29 is 5.11 Å². The van der Waals surface area contributed by atoms with Crippen LogP contribution in [0.2, 0.25) is 0 Å². The molecule has 2 heterocycles. The van der Waals surface area contributed by atoms with E-state index in [1.807, 2.05) is 19.2 Å². The average Bonchev–Trinajstić information content (AvgIpc) is 2.88. The van der Waals surface area contributed by atoms with Crippen LogP contribution >= 0.6 is 11.8 Å². The first-order valence-corrected chi connectivity index (χ1v) is 7.96. The quantitative estimate of drug-likeness (QED) is 0.635. The molecule has 19 heavy (non-hydrogen) atoms. The average molecular weight is 282 g/mol. The van der Waals surface area contributed by atoms with Crippen molar-refractivity contribution in [1.82, 2.24) is 9.97 Å². The lowest BCUT2D eigenvalue weighted by Gasteiger charge is -2.19. The first kappa shape index (κ1) is 14.4. The third-order valence-electron chi connectivity index (χ3n) is 3.46. The Morgan fingerprint density at radius 2 is 2.37 bits per heavy atom. The van der Waals surface area contributed by atoms with E-state index >= 15 is 0 Å². The molecule has 0 aliphatic carbocycles. The van der Waals surface area contributed by atoms with Crippen LogP contribution in [0.3, 0.4) is 0 Å². The van der Waals surface area contributed by atoms with Crippen molar-refractivity contribution >= 4 is 23.4 Å². The predicted octanol–water partition coefficient (Wildman–Crippen LogP) is 1.84. The Morgan fingerprint density at radius 3 is 2.95 bits per heavy atom. The molecular weight excluding hydrogens is 260 g/mol. The zero-order valence-electron chi connectivity index (χ0n) is 11.8. The molecule has 1 saturated heterocycles. The second-order valence-electron chi connectivity index (χ2n) is 4.86. The van der Waals surface area contributed by atoms with Crippen LogP contribution in [0, 0.1) is 5.92 Å². The normalized spacial score (nSPS) is 20.6. The van der Waals surface area contributed by atoms with E-state index in [0.29, 0.717) is 5.92 Å².